The van der Waals surface area contributed by atoms with Crippen LogP contribution < -0.4 is 15.4 Å². The second-order valence-corrected chi connectivity index (χ2v) is 4.56. The van der Waals surface area contributed by atoms with Crippen LogP contribution in [0.15, 0.2) is 18.2 Å². The molecule has 0 radical (unpaired) electrons. The zero-order valence-corrected chi connectivity index (χ0v) is 11.0. The van der Waals surface area contributed by atoms with E-state index in [1.54, 1.807) is 12.1 Å². The van der Waals surface area contributed by atoms with Crippen LogP contribution in [0.4, 0.5) is 11.4 Å². The molecule has 1 aliphatic rings. The zero-order valence-electron chi connectivity index (χ0n) is 11.0. The molecule has 1 fully saturated rings. The van der Waals surface area contributed by atoms with Crippen molar-refractivity contribution < 1.29 is 9.66 Å². The number of anilines is 1. The Hall–Kier alpha value is -1.82. The topological polar surface area (TPSA) is 76.4 Å². The summed E-state index contributed by atoms with van der Waals surface area (Å²) in [4.78, 5) is 10.5. The molecule has 0 spiro atoms. The number of hydrogen-bond donors (Lipinski definition) is 2. The molecule has 1 aromatic carbocycles. The van der Waals surface area contributed by atoms with E-state index in [0.29, 0.717) is 18.4 Å². The summed E-state index contributed by atoms with van der Waals surface area (Å²) < 4.78 is 5.33. The fourth-order valence-electron chi connectivity index (χ4n) is 2.24. The molecule has 1 aromatic rings. The number of rotatable bonds is 5. The quantitative estimate of drug-likeness (QED) is 0.630. The van der Waals surface area contributed by atoms with Gasteiger partial charge in [-0.15, -0.1) is 0 Å². The largest absolute Gasteiger partial charge is 0.487 e. The van der Waals surface area contributed by atoms with Crippen LogP contribution in [0.1, 0.15) is 19.8 Å². The van der Waals surface area contributed by atoms with Crippen LogP contribution >= 0.6 is 0 Å². The first-order valence-corrected chi connectivity index (χ1v) is 6.59. The lowest BCUT2D eigenvalue weighted by Gasteiger charge is -2.24. The van der Waals surface area contributed by atoms with Crippen molar-refractivity contribution in [2.75, 3.05) is 25.0 Å². The van der Waals surface area contributed by atoms with Crippen molar-refractivity contribution in [3.05, 3.63) is 28.3 Å². The Labute approximate surface area is 112 Å². The number of hydrogen-bond acceptors (Lipinski definition) is 5. The van der Waals surface area contributed by atoms with E-state index in [-0.39, 0.29) is 5.69 Å². The Morgan fingerprint density at radius 3 is 3.05 bits per heavy atom. The highest BCUT2D eigenvalue weighted by atomic mass is 16.6. The predicted molar refractivity (Wildman–Crippen MR) is 73.8 cm³/mol. The molecule has 1 heterocycles. The van der Waals surface area contributed by atoms with Crippen molar-refractivity contribution in [1.29, 1.82) is 0 Å². The zero-order chi connectivity index (χ0) is 13.7. The van der Waals surface area contributed by atoms with Gasteiger partial charge in [0.1, 0.15) is 0 Å². The summed E-state index contributed by atoms with van der Waals surface area (Å²) in [5.41, 5.74) is 0.872. The lowest BCUT2D eigenvalue weighted by atomic mass is 10.1. The number of nitrogens with one attached hydrogen (secondary N) is 2. The van der Waals surface area contributed by atoms with Gasteiger partial charge in [0.25, 0.3) is 0 Å². The lowest BCUT2D eigenvalue weighted by Crippen LogP contribution is -2.38. The third kappa shape index (κ3) is 3.57. The van der Waals surface area contributed by atoms with Crippen molar-refractivity contribution in [2.24, 2.45) is 0 Å². The molecule has 6 heteroatoms. The van der Waals surface area contributed by atoms with Gasteiger partial charge < -0.3 is 15.4 Å². The van der Waals surface area contributed by atoms with Crippen LogP contribution in [0, 0.1) is 10.1 Å². The highest BCUT2D eigenvalue weighted by molar-refractivity contribution is 5.58. The highest BCUT2D eigenvalue weighted by Crippen LogP contribution is 2.30. The molecule has 0 amide bonds. The van der Waals surface area contributed by atoms with E-state index in [1.165, 1.54) is 6.07 Å². The van der Waals surface area contributed by atoms with Gasteiger partial charge in [0.05, 0.1) is 11.5 Å². The van der Waals surface area contributed by atoms with Gasteiger partial charge in [0.2, 0.25) is 0 Å². The van der Waals surface area contributed by atoms with Gasteiger partial charge >= 0.3 is 5.69 Å². The molecule has 2 N–H and O–H groups in total. The smallest absolute Gasteiger partial charge is 0.311 e. The first-order chi connectivity index (χ1) is 9.20. The molecule has 1 unspecified atom stereocenters. The van der Waals surface area contributed by atoms with Crippen molar-refractivity contribution in [3.8, 4) is 5.75 Å². The van der Waals surface area contributed by atoms with E-state index >= 15 is 0 Å². The van der Waals surface area contributed by atoms with Crippen molar-refractivity contribution in [3.63, 3.8) is 0 Å². The summed E-state index contributed by atoms with van der Waals surface area (Å²) in [6, 6.07) is 5.29. The molecule has 2 rings (SSSR count). The first kappa shape index (κ1) is 13.6. The summed E-state index contributed by atoms with van der Waals surface area (Å²) in [6.07, 6.45) is 2.25. The van der Waals surface area contributed by atoms with Gasteiger partial charge in [-0.25, -0.2) is 0 Å². The summed E-state index contributed by atoms with van der Waals surface area (Å²) in [7, 11) is 0. The summed E-state index contributed by atoms with van der Waals surface area (Å²) in [6.45, 7) is 4.20. The molecule has 0 saturated carbocycles. The maximum atomic E-state index is 10.9. The van der Waals surface area contributed by atoms with Crippen LogP contribution in [-0.2, 0) is 0 Å². The fourth-order valence-corrected chi connectivity index (χ4v) is 2.24. The first-order valence-electron chi connectivity index (χ1n) is 6.59. The average molecular weight is 265 g/mol. The molecule has 1 atom stereocenters. The summed E-state index contributed by atoms with van der Waals surface area (Å²) >= 11 is 0. The molecule has 1 aliphatic heterocycles. The predicted octanol–water partition coefficient (Wildman–Crippen LogP) is 2.16. The SMILES string of the molecule is CCOc1cc(NC2CCCNC2)ccc1[N+](=O)[O-]. The Kier molecular flexibility index (Phi) is 4.57. The molecule has 6 nitrogen and oxygen atoms in total. The van der Waals surface area contributed by atoms with E-state index in [0.717, 1.165) is 31.6 Å². The second kappa shape index (κ2) is 6.38. The number of benzene rings is 1. The van der Waals surface area contributed by atoms with Crippen LogP contribution in [0.25, 0.3) is 0 Å². The van der Waals surface area contributed by atoms with Gasteiger partial charge in [-0.05, 0) is 32.4 Å². The number of piperidine rings is 1. The van der Waals surface area contributed by atoms with Gasteiger partial charge in [-0.2, -0.15) is 0 Å². The van der Waals surface area contributed by atoms with E-state index in [9.17, 15) is 10.1 Å². The molecule has 104 valence electrons. The molecular formula is C13H19N3O3. The van der Waals surface area contributed by atoms with Gasteiger partial charge in [-0.1, -0.05) is 0 Å². The van der Waals surface area contributed by atoms with Crippen molar-refractivity contribution in [1.82, 2.24) is 5.32 Å². The van der Waals surface area contributed by atoms with Gasteiger partial charge in [0, 0.05) is 30.4 Å². The summed E-state index contributed by atoms with van der Waals surface area (Å²) in [5.74, 6) is 0.321. The van der Waals surface area contributed by atoms with Gasteiger partial charge in [0.15, 0.2) is 5.75 Å². The number of nitro groups is 1. The Morgan fingerprint density at radius 1 is 1.58 bits per heavy atom. The number of nitrogens with zero attached hydrogens (tertiary/aromatic N) is 1. The number of nitro benzene ring substituents is 1. The maximum Gasteiger partial charge on any atom is 0.311 e. The molecular weight excluding hydrogens is 246 g/mol. The minimum Gasteiger partial charge on any atom is -0.487 e. The second-order valence-electron chi connectivity index (χ2n) is 4.56. The monoisotopic (exact) mass is 265 g/mol. The molecule has 0 aromatic heterocycles. The van der Waals surface area contributed by atoms with E-state index < -0.39 is 4.92 Å². The molecule has 0 aliphatic carbocycles. The molecule has 1 saturated heterocycles. The third-order valence-electron chi connectivity index (χ3n) is 3.12. The number of ether oxygens (including phenoxy) is 1. The average Bonchev–Trinajstić information content (AvgIpc) is 2.40. The van der Waals surface area contributed by atoms with Crippen molar-refractivity contribution in [2.45, 2.75) is 25.8 Å². The maximum absolute atomic E-state index is 10.9. The molecule has 19 heavy (non-hydrogen) atoms. The van der Waals surface area contributed by atoms with Crippen molar-refractivity contribution >= 4 is 11.4 Å². The third-order valence-corrected chi connectivity index (χ3v) is 3.12. The van der Waals surface area contributed by atoms with Gasteiger partial charge in [-0.3, -0.25) is 10.1 Å². The highest BCUT2D eigenvalue weighted by Gasteiger charge is 2.17. The standard InChI is InChI=1S/C13H19N3O3/c1-2-19-13-8-10(5-6-12(13)16(17)18)15-11-4-3-7-14-9-11/h5-6,8,11,14-15H,2-4,7,9H2,1H3. The Balaban J connectivity index is 2.12. The van der Waals surface area contributed by atoms with E-state index in [2.05, 4.69) is 10.6 Å². The van der Waals surface area contributed by atoms with Crippen LogP contribution in [0.5, 0.6) is 5.75 Å². The van der Waals surface area contributed by atoms with E-state index in [4.69, 9.17) is 4.74 Å². The minimum atomic E-state index is -0.420. The Bertz CT molecular complexity index is 445. The van der Waals surface area contributed by atoms with Crippen LogP contribution in [0.3, 0.4) is 0 Å². The van der Waals surface area contributed by atoms with Crippen LogP contribution in [-0.4, -0.2) is 30.7 Å². The van der Waals surface area contributed by atoms with Crippen LogP contribution in [0.2, 0.25) is 0 Å². The summed E-state index contributed by atoms with van der Waals surface area (Å²) in [5, 5.41) is 17.6. The minimum absolute atomic E-state index is 0.00849. The van der Waals surface area contributed by atoms with E-state index in [1.807, 2.05) is 6.92 Å². The molecule has 0 bridgehead atoms. The normalized spacial score (nSPS) is 18.9. The lowest BCUT2D eigenvalue weighted by molar-refractivity contribution is -0.385. The fraction of sp³-hybridized carbons (Fsp3) is 0.538. The Morgan fingerprint density at radius 2 is 2.42 bits per heavy atom.